The van der Waals surface area contributed by atoms with Gasteiger partial charge < -0.3 is 20.6 Å². The lowest BCUT2D eigenvalue weighted by molar-refractivity contribution is 0.129. The largest absolute Gasteiger partial charge is 0.508 e. The summed E-state index contributed by atoms with van der Waals surface area (Å²) in [7, 11) is 4.15. The number of phenols is 1. The summed E-state index contributed by atoms with van der Waals surface area (Å²) in [6.45, 7) is 2.62. The van der Waals surface area contributed by atoms with Gasteiger partial charge in [0.25, 0.3) is 0 Å². The second kappa shape index (κ2) is 8.31. The molecule has 1 aliphatic rings. The minimum atomic E-state index is -0.115. The number of carbonyl (C=O) groups excluding carboxylic acids is 1. The van der Waals surface area contributed by atoms with Crippen LogP contribution >= 0.6 is 11.3 Å². The van der Waals surface area contributed by atoms with Crippen molar-refractivity contribution in [3.8, 4) is 5.75 Å². The number of aromatic hydroxyl groups is 1. The van der Waals surface area contributed by atoms with Crippen molar-refractivity contribution in [1.82, 2.24) is 15.5 Å². The van der Waals surface area contributed by atoms with Crippen LogP contribution in [0.1, 0.15) is 30.0 Å². The first-order valence-corrected chi connectivity index (χ1v) is 10.4. The smallest absolute Gasteiger partial charge is 0.315 e. The van der Waals surface area contributed by atoms with Gasteiger partial charge in [0.15, 0.2) is 0 Å². The summed E-state index contributed by atoms with van der Waals surface area (Å²) >= 11 is 1.68. The van der Waals surface area contributed by atoms with Crippen LogP contribution in [0.5, 0.6) is 5.75 Å². The number of hydrogen-bond acceptors (Lipinski definition) is 4. The van der Waals surface area contributed by atoms with E-state index in [1.54, 1.807) is 17.4 Å². The number of rotatable bonds is 6. The predicted molar refractivity (Wildman–Crippen MR) is 111 cm³/mol. The van der Waals surface area contributed by atoms with Gasteiger partial charge in [-0.25, -0.2) is 4.79 Å². The Hall–Kier alpha value is -2.05. The molecule has 0 radical (unpaired) electrons. The SMILES string of the molecule is C[C@@H](Cc1ccsc1)NC(=O)NC[C@@]1(N(C)C)CCc2cc(O)ccc2C1. The van der Waals surface area contributed by atoms with Crippen molar-refractivity contribution >= 4 is 17.4 Å². The number of aryl methyl sites for hydroxylation is 1. The van der Waals surface area contributed by atoms with Gasteiger partial charge in [-0.05, 0) is 92.4 Å². The summed E-state index contributed by atoms with van der Waals surface area (Å²) in [4.78, 5) is 14.6. The highest BCUT2D eigenvalue weighted by molar-refractivity contribution is 7.07. The maximum atomic E-state index is 12.4. The molecule has 146 valence electrons. The number of phenolic OH excluding ortho intramolecular Hbond substituents is 1. The Morgan fingerprint density at radius 2 is 2.15 bits per heavy atom. The molecule has 1 heterocycles. The Morgan fingerprint density at radius 3 is 2.85 bits per heavy atom. The van der Waals surface area contributed by atoms with E-state index in [1.807, 2.05) is 19.1 Å². The topological polar surface area (TPSA) is 64.6 Å². The summed E-state index contributed by atoms with van der Waals surface area (Å²) in [5, 5.41) is 20.0. The molecule has 2 amide bonds. The van der Waals surface area contributed by atoms with Gasteiger partial charge in [-0.2, -0.15) is 11.3 Å². The van der Waals surface area contributed by atoms with Gasteiger partial charge in [-0.1, -0.05) is 6.07 Å². The number of nitrogens with one attached hydrogen (secondary N) is 2. The van der Waals surface area contributed by atoms with E-state index in [0.717, 1.165) is 25.7 Å². The fourth-order valence-electron chi connectivity index (χ4n) is 3.85. The van der Waals surface area contributed by atoms with E-state index in [-0.39, 0.29) is 17.6 Å². The lowest BCUT2D eigenvalue weighted by Crippen LogP contribution is -2.57. The molecule has 0 aliphatic heterocycles. The van der Waals surface area contributed by atoms with E-state index < -0.39 is 0 Å². The van der Waals surface area contributed by atoms with Crippen LogP contribution in [0, 0.1) is 0 Å². The molecule has 0 fully saturated rings. The molecular formula is C21H29N3O2S. The summed E-state index contributed by atoms with van der Waals surface area (Å²) in [5.41, 5.74) is 3.60. The highest BCUT2D eigenvalue weighted by Gasteiger charge is 2.37. The molecule has 1 aromatic heterocycles. The molecule has 1 aliphatic carbocycles. The Kier molecular flexibility index (Phi) is 6.07. The standard InChI is InChI=1S/C21H29N3O2S/c1-15(10-16-7-9-27-13-16)23-20(26)22-14-21(24(2)3)8-6-17-11-19(25)5-4-18(17)12-21/h4-5,7,9,11,13,15,25H,6,8,10,12,14H2,1-3H3,(H2,22,23,26)/t15-,21+/m0/s1. The molecule has 3 N–H and O–H groups in total. The average molecular weight is 388 g/mol. The predicted octanol–water partition coefficient (Wildman–Crippen LogP) is 3.17. The molecule has 0 saturated carbocycles. The van der Waals surface area contributed by atoms with Crippen molar-refractivity contribution in [2.24, 2.45) is 0 Å². The Morgan fingerprint density at radius 1 is 1.33 bits per heavy atom. The Balaban J connectivity index is 1.58. The molecule has 3 rings (SSSR count). The minimum Gasteiger partial charge on any atom is -0.508 e. The summed E-state index contributed by atoms with van der Waals surface area (Å²) < 4.78 is 0. The number of nitrogens with zero attached hydrogens (tertiary/aromatic N) is 1. The van der Waals surface area contributed by atoms with Gasteiger partial charge in [0.2, 0.25) is 0 Å². The second-order valence-corrected chi connectivity index (χ2v) is 8.59. The van der Waals surface area contributed by atoms with Gasteiger partial charge in [-0.15, -0.1) is 0 Å². The number of urea groups is 1. The molecular weight excluding hydrogens is 358 g/mol. The number of carbonyl (C=O) groups is 1. The molecule has 1 aromatic carbocycles. The van der Waals surface area contributed by atoms with Crippen LogP contribution in [0.25, 0.3) is 0 Å². The third-order valence-electron chi connectivity index (χ3n) is 5.60. The number of fused-ring (bicyclic) bond motifs is 1. The number of benzene rings is 1. The monoisotopic (exact) mass is 387 g/mol. The zero-order valence-electron chi connectivity index (χ0n) is 16.3. The quantitative estimate of drug-likeness (QED) is 0.713. The first-order chi connectivity index (χ1) is 12.9. The Bertz CT molecular complexity index is 776. The van der Waals surface area contributed by atoms with E-state index in [1.165, 1.54) is 16.7 Å². The highest BCUT2D eigenvalue weighted by atomic mass is 32.1. The van der Waals surface area contributed by atoms with Gasteiger partial charge in [0, 0.05) is 18.1 Å². The lowest BCUT2D eigenvalue weighted by atomic mass is 9.77. The van der Waals surface area contributed by atoms with Crippen molar-refractivity contribution < 1.29 is 9.90 Å². The van der Waals surface area contributed by atoms with E-state index in [9.17, 15) is 9.90 Å². The first-order valence-electron chi connectivity index (χ1n) is 9.42. The van der Waals surface area contributed by atoms with Crippen LogP contribution in [-0.4, -0.2) is 48.3 Å². The zero-order chi connectivity index (χ0) is 19.4. The van der Waals surface area contributed by atoms with Crippen molar-refractivity contribution in [2.75, 3.05) is 20.6 Å². The van der Waals surface area contributed by atoms with Crippen molar-refractivity contribution in [2.45, 2.75) is 44.2 Å². The normalized spacial score (nSPS) is 20.1. The van der Waals surface area contributed by atoms with Gasteiger partial charge in [-0.3, -0.25) is 0 Å². The third kappa shape index (κ3) is 4.82. The van der Waals surface area contributed by atoms with Crippen LogP contribution in [-0.2, 0) is 19.3 Å². The maximum Gasteiger partial charge on any atom is 0.315 e. The van der Waals surface area contributed by atoms with E-state index in [2.05, 4.69) is 46.5 Å². The van der Waals surface area contributed by atoms with E-state index in [0.29, 0.717) is 12.3 Å². The van der Waals surface area contributed by atoms with Gasteiger partial charge in [0.05, 0.1) is 0 Å². The number of thiophene rings is 1. The fraction of sp³-hybridized carbons (Fsp3) is 0.476. The van der Waals surface area contributed by atoms with Crippen molar-refractivity contribution in [3.63, 3.8) is 0 Å². The number of likely N-dealkylation sites (N-methyl/N-ethyl adjacent to an activating group) is 1. The fourth-order valence-corrected chi connectivity index (χ4v) is 4.53. The summed E-state index contributed by atoms with van der Waals surface area (Å²) in [6, 6.07) is 7.68. The Labute approximate surface area is 165 Å². The van der Waals surface area contributed by atoms with Crippen LogP contribution < -0.4 is 10.6 Å². The van der Waals surface area contributed by atoms with E-state index in [4.69, 9.17) is 0 Å². The molecule has 5 nitrogen and oxygen atoms in total. The molecule has 0 bridgehead atoms. The van der Waals surface area contributed by atoms with Crippen LogP contribution in [0.2, 0.25) is 0 Å². The van der Waals surface area contributed by atoms with Crippen molar-refractivity contribution in [3.05, 3.63) is 51.7 Å². The number of hydrogen-bond donors (Lipinski definition) is 3. The molecule has 2 atom stereocenters. The average Bonchev–Trinajstić information content (AvgIpc) is 3.12. The molecule has 27 heavy (non-hydrogen) atoms. The molecule has 2 aromatic rings. The summed E-state index contributed by atoms with van der Waals surface area (Å²) in [5.74, 6) is 0.322. The third-order valence-corrected chi connectivity index (χ3v) is 6.33. The number of amides is 2. The molecule has 0 saturated heterocycles. The lowest BCUT2D eigenvalue weighted by Gasteiger charge is -2.43. The molecule has 0 unspecified atom stereocenters. The molecule has 0 spiro atoms. The molecule has 6 heteroatoms. The maximum absolute atomic E-state index is 12.4. The summed E-state index contributed by atoms with van der Waals surface area (Å²) in [6.07, 6.45) is 3.55. The van der Waals surface area contributed by atoms with E-state index >= 15 is 0 Å². The van der Waals surface area contributed by atoms with Gasteiger partial charge in [0.1, 0.15) is 5.75 Å². The van der Waals surface area contributed by atoms with Crippen LogP contribution in [0.15, 0.2) is 35.0 Å². The second-order valence-electron chi connectivity index (χ2n) is 7.81. The van der Waals surface area contributed by atoms with Crippen molar-refractivity contribution in [1.29, 1.82) is 0 Å². The van der Waals surface area contributed by atoms with Crippen LogP contribution in [0.4, 0.5) is 4.79 Å². The first kappa shape index (κ1) is 19.7. The minimum absolute atomic E-state index is 0.0879. The van der Waals surface area contributed by atoms with Gasteiger partial charge >= 0.3 is 6.03 Å². The van der Waals surface area contributed by atoms with Crippen LogP contribution in [0.3, 0.4) is 0 Å². The zero-order valence-corrected chi connectivity index (χ0v) is 17.1. The highest BCUT2D eigenvalue weighted by Crippen LogP contribution is 2.33.